The monoisotopic (exact) mass is 245 g/mol. The molecule has 0 saturated heterocycles. The largest absolute Gasteiger partial charge is 0.275 e. The normalized spacial score (nSPS) is 11.9. The molecule has 16 heavy (non-hydrogen) atoms. The molecule has 1 aromatic heterocycles. The number of aryl methyl sites for hydroxylation is 2. The lowest BCUT2D eigenvalue weighted by atomic mass is 10.3. The second-order valence-corrected chi connectivity index (χ2v) is 5.83. The molecule has 0 bridgehead atoms. The Morgan fingerprint density at radius 3 is 2.69 bits per heavy atom. The number of sulfonamides is 1. The number of aromatic nitrogens is 2. The fourth-order valence-electron chi connectivity index (χ4n) is 1.42. The molecule has 0 aliphatic heterocycles. The first-order chi connectivity index (χ1) is 7.44. The lowest BCUT2D eigenvalue weighted by Crippen LogP contribution is -2.26. The fourth-order valence-corrected chi connectivity index (χ4v) is 2.60. The summed E-state index contributed by atoms with van der Waals surface area (Å²) in [5.74, 6) is 0.197. The van der Waals surface area contributed by atoms with E-state index >= 15 is 0 Å². The van der Waals surface area contributed by atoms with Gasteiger partial charge in [0.2, 0.25) is 10.0 Å². The predicted octanol–water partition coefficient (Wildman–Crippen LogP) is 0.948. The molecule has 0 fully saturated rings. The molecule has 1 aromatic rings. The van der Waals surface area contributed by atoms with Crippen LogP contribution in [0, 0.1) is 6.92 Å². The number of hydrogen-bond acceptors (Lipinski definition) is 3. The smallest absolute Gasteiger partial charge is 0.211 e. The van der Waals surface area contributed by atoms with Crippen molar-refractivity contribution in [2.75, 3.05) is 5.75 Å². The first kappa shape index (κ1) is 13.2. The summed E-state index contributed by atoms with van der Waals surface area (Å²) >= 11 is 0. The molecule has 0 atom stereocenters. The van der Waals surface area contributed by atoms with Gasteiger partial charge in [-0.25, -0.2) is 13.1 Å². The molecule has 0 aliphatic carbocycles. The number of unbranched alkanes of at least 4 members (excludes halogenated alkanes) is 1. The molecule has 0 aliphatic rings. The Hall–Kier alpha value is -0.880. The molecule has 1 rings (SSSR count). The highest BCUT2D eigenvalue weighted by molar-refractivity contribution is 7.89. The van der Waals surface area contributed by atoms with Gasteiger partial charge in [-0.2, -0.15) is 5.10 Å². The Labute approximate surface area is 96.9 Å². The van der Waals surface area contributed by atoms with E-state index in [2.05, 4.69) is 9.82 Å². The van der Waals surface area contributed by atoms with E-state index in [1.807, 2.05) is 27.1 Å². The summed E-state index contributed by atoms with van der Waals surface area (Å²) in [6.07, 6.45) is 3.41. The molecule has 0 amide bonds. The minimum atomic E-state index is -3.14. The van der Waals surface area contributed by atoms with Gasteiger partial charge in [0.1, 0.15) is 0 Å². The number of hydrogen-bond donors (Lipinski definition) is 1. The van der Waals surface area contributed by atoms with Crippen LogP contribution in [0.15, 0.2) is 6.20 Å². The van der Waals surface area contributed by atoms with Crippen LogP contribution in [0.4, 0.5) is 0 Å². The Morgan fingerprint density at radius 2 is 2.19 bits per heavy atom. The van der Waals surface area contributed by atoms with E-state index in [9.17, 15) is 8.42 Å². The third kappa shape index (κ3) is 3.94. The van der Waals surface area contributed by atoms with Gasteiger partial charge in [-0.15, -0.1) is 0 Å². The zero-order valence-corrected chi connectivity index (χ0v) is 10.8. The van der Waals surface area contributed by atoms with Crippen LogP contribution in [-0.4, -0.2) is 24.0 Å². The molecular weight excluding hydrogens is 226 g/mol. The third-order valence-electron chi connectivity index (χ3n) is 2.36. The highest BCUT2D eigenvalue weighted by Gasteiger charge is 2.10. The Morgan fingerprint density at radius 1 is 1.50 bits per heavy atom. The van der Waals surface area contributed by atoms with Crippen LogP contribution in [0.25, 0.3) is 0 Å². The van der Waals surface area contributed by atoms with Crippen LogP contribution >= 0.6 is 0 Å². The average Bonchev–Trinajstić information content (AvgIpc) is 2.52. The number of nitrogens with one attached hydrogen (secondary N) is 1. The first-order valence-corrected chi connectivity index (χ1v) is 7.06. The average molecular weight is 245 g/mol. The van der Waals surface area contributed by atoms with Gasteiger partial charge >= 0.3 is 0 Å². The van der Waals surface area contributed by atoms with E-state index in [0.717, 1.165) is 17.7 Å². The van der Waals surface area contributed by atoms with Gasteiger partial charge in [-0.1, -0.05) is 13.3 Å². The maximum atomic E-state index is 11.5. The van der Waals surface area contributed by atoms with Crippen LogP contribution < -0.4 is 4.72 Å². The Bertz CT molecular complexity index is 437. The maximum absolute atomic E-state index is 11.5. The third-order valence-corrected chi connectivity index (χ3v) is 3.77. The van der Waals surface area contributed by atoms with Gasteiger partial charge in [0.15, 0.2) is 0 Å². The molecule has 0 aromatic carbocycles. The van der Waals surface area contributed by atoms with Gasteiger partial charge in [-0.05, 0) is 13.3 Å². The number of rotatable bonds is 6. The molecule has 0 unspecified atom stereocenters. The van der Waals surface area contributed by atoms with Gasteiger partial charge in [0.05, 0.1) is 11.4 Å². The molecule has 6 heteroatoms. The summed E-state index contributed by atoms with van der Waals surface area (Å²) in [5, 5.41) is 4.16. The van der Waals surface area contributed by atoms with E-state index in [0.29, 0.717) is 13.0 Å². The lowest BCUT2D eigenvalue weighted by molar-refractivity contribution is 0.578. The quantitative estimate of drug-likeness (QED) is 0.811. The van der Waals surface area contributed by atoms with Crippen molar-refractivity contribution in [3.8, 4) is 0 Å². The standard InChI is InChI=1S/C10H19N3O2S/c1-4-5-6-16(14,15)11-7-10-8-13(3)12-9(10)2/h8,11H,4-7H2,1-3H3. The van der Waals surface area contributed by atoms with Crippen molar-refractivity contribution in [3.05, 3.63) is 17.5 Å². The van der Waals surface area contributed by atoms with Gasteiger partial charge < -0.3 is 0 Å². The van der Waals surface area contributed by atoms with Crippen LogP contribution in [0.1, 0.15) is 31.0 Å². The molecular formula is C10H19N3O2S. The summed E-state index contributed by atoms with van der Waals surface area (Å²) < 4.78 is 27.4. The zero-order chi connectivity index (χ0) is 12.2. The molecule has 1 N–H and O–H groups in total. The van der Waals surface area contributed by atoms with Gasteiger partial charge in [-0.3, -0.25) is 4.68 Å². The SMILES string of the molecule is CCCCS(=O)(=O)NCc1cn(C)nc1C. The highest BCUT2D eigenvalue weighted by atomic mass is 32.2. The summed E-state index contributed by atoms with van der Waals surface area (Å²) in [6, 6.07) is 0. The van der Waals surface area contributed by atoms with Crippen LogP contribution in [0.5, 0.6) is 0 Å². The Kier molecular flexibility index (Phi) is 4.49. The lowest BCUT2D eigenvalue weighted by Gasteiger charge is -2.04. The topological polar surface area (TPSA) is 64.0 Å². The second-order valence-electron chi connectivity index (χ2n) is 3.91. The molecule has 0 spiro atoms. The van der Waals surface area contributed by atoms with E-state index in [1.165, 1.54) is 0 Å². The molecule has 0 saturated carbocycles. The van der Waals surface area contributed by atoms with Crippen LogP contribution in [0.3, 0.4) is 0 Å². The van der Waals surface area contributed by atoms with E-state index in [-0.39, 0.29) is 5.75 Å². The molecule has 92 valence electrons. The molecule has 5 nitrogen and oxygen atoms in total. The van der Waals surface area contributed by atoms with E-state index < -0.39 is 10.0 Å². The van der Waals surface area contributed by atoms with Gasteiger partial charge in [0.25, 0.3) is 0 Å². The zero-order valence-electron chi connectivity index (χ0n) is 10.0. The van der Waals surface area contributed by atoms with E-state index in [4.69, 9.17) is 0 Å². The van der Waals surface area contributed by atoms with Crippen LogP contribution in [0.2, 0.25) is 0 Å². The first-order valence-electron chi connectivity index (χ1n) is 5.41. The molecule has 0 radical (unpaired) electrons. The summed E-state index contributed by atoms with van der Waals surface area (Å²) in [5.41, 5.74) is 1.78. The van der Waals surface area contributed by atoms with Crippen molar-refractivity contribution in [1.82, 2.24) is 14.5 Å². The maximum Gasteiger partial charge on any atom is 0.211 e. The number of nitrogens with zero attached hydrogens (tertiary/aromatic N) is 2. The van der Waals surface area contributed by atoms with Crippen molar-refractivity contribution in [1.29, 1.82) is 0 Å². The van der Waals surface area contributed by atoms with E-state index in [1.54, 1.807) is 4.68 Å². The van der Waals surface area contributed by atoms with Crippen molar-refractivity contribution in [3.63, 3.8) is 0 Å². The summed E-state index contributed by atoms with van der Waals surface area (Å²) in [4.78, 5) is 0. The van der Waals surface area contributed by atoms with Crippen molar-refractivity contribution in [2.24, 2.45) is 7.05 Å². The fraction of sp³-hybridized carbons (Fsp3) is 0.700. The van der Waals surface area contributed by atoms with Gasteiger partial charge in [0, 0.05) is 25.4 Å². The highest BCUT2D eigenvalue weighted by Crippen LogP contribution is 2.05. The molecule has 1 heterocycles. The Balaban J connectivity index is 2.54. The predicted molar refractivity (Wildman–Crippen MR) is 63.5 cm³/mol. The summed E-state index contributed by atoms with van der Waals surface area (Å²) in [7, 11) is -1.31. The second kappa shape index (κ2) is 5.45. The minimum absolute atomic E-state index is 0.197. The van der Waals surface area contributed by atoms with Crippen molar-refractivity contribution >= 4 is 10.0 Å². The van der Waals surface area contributed by atoms with Crippen LogP contribution in [-0.2, 0) is 23.6 Å². The van der Waals surface area contributed by atoms with Crippen molar-refractivity contribution in [2.45, 2.75) is 33.2 Å². The van der Waals surface area contributed by atoms with Crippen molar-refractivity contribution < 1.29 is 8.42 Å². The summed E-state index contributed by atoms with van der Waals surface area (Å²) in [6.45, 7) is 4.17. The minimum Gasteiger partial charge on any atom is -0.275 e.